The quantitative estimate of drug-likeness (QED) is 0.220. The standard InChI is InChI=1S/C26H29N9O5/c36-34(37)20-9-12-23(22(17-20)35(38)39)40-21-10-7-19(8-11-21)18-27-31-24-28-25(32-13-3-1-4-14-32)30-26(29-24)33-15-5-2-6-16-33/h7-12,17-18H,1-6,13-16H2,(H,28,29,30,31). The van der Waals surface area contributed by atoms with E-state index in [9.17, 15) is 20.2 Å². The van der Waals surface area contributed by atoms with Crippen molar-refractivity contribution in [3.8, 4) is 11.5 Å². The summed E-state index contributed by atoms with van der Waals surface area (Å²) in [7, 11) is 0. The Kier molecular flexibility index (Phi) is 8.23. The SMILES string of the molecule is O=[N+]([O-])c1ccc(Oc2ccc(C=NNc3nc(N4CCCCC4)nc(N4CCCCC4)n3)cc2)c([N+](=O)[O-])c1. The molecule has 3 aromatic rings. The van der Waals surface area contributed by atoms with Crippen LogP contribution in [0.15, 0.2) is 47.6 Å². The molecule has 208 valence electrons. The number of nitro benzene ring substituents is 2. The highest BCUT2D eigenvalue weighted by Gasteiger charge is 2.22. The van der Waals surface area contributed by atoms with E-state index in [1.54, 1.807) is 30.5 Å². The molecule has 0 unspecified atom stereocenters. The molecular weight excluding hydrogens is 518 g/mol. The van der Waals surface area contributed by atoms with Crippen LogP contribution in [0, 0.1) is 20.2 Å². The number of benzene rings is 2. The van der Waals surface area contributed by atoms with Gasteiger partial charge in [-0.15, -0.1) is 0 Å². The first kappa shape index (κ1) is 26.7. The number of nitrogens with one attached hydrogen (secondary N) is 1. The van der Waals surface area contributed by atoms with Crippen LogP contribution >= 0.6 is 0 Å². The van der Waals surface area contributed by atoms with Crippen LogP contribution in [-0.4, -0.2) is 57.2 Å². The van der Waals surface area contributed by atoms with E-state index in [4.69, 9.17) is 9.72 Å². The Bertz CT molecular complexity index is 1350. The fraction of sp³-hybridized carbons (Fsp3) is 0.385. The molecule has 0 atom stereocenters. The van der Waals surface area contributed by atoms with E-state index in [-0.39, 0.29) is 11.4 Å². The third kappa shape index (κ3) is 6.57. The summed E-state index contributed by atoms with van der Waals surface area (Å²) in [5, 5.41) is 26.6. The van der Waals surface area contributed by atoms with Gasteiger partial charge in [0.25, 0.3) is 5.69 Å². The summed E-state index contributed by atoms with van der Waals surface area (Å²) in [5.41, 5.74) is 2.79. The Morgan fingerprint density at radius 3 is 1.95 bits per heavy atom. The van der Waals surface area contributed by atoms with Gasteiger partial charge in [-0.3, -0.25) is 20.2 Å². The minimum Gasteiger partial charge on any atom is -0.450 e. The van der Waals surface area contributed by atoms with Crippen molar-refractivity contribution in [2.45, 2.75) is 38.5 Å². The summed E-state index contributed by atoms with van der Waals surface area (Å²) in [6.45, 7) is 3.68. The monoisotopic (exact) mass is 547 g/mol. The van der Waals surface area contributed by atoms with Crippen molar-refractivity contribution in [2.24, 2.45) is 5.10 Å². The molecule has 14 heteroatoms. The van der Waals surface area contributed by atoms with E-state index in [1.807, 2.05) is 0 Å². The van der Waals surface area contributed by atoms with Crippen LogP contribution in [0.5, 0.6) is 11.5 Å². The first-order valence-corrected chi connectivity index (χ1v) is 13.2. The summed E-state index contributed by atoms with van der Waals surface area (Å²) < 4.78 is 5.62. The number of hydrogen-bond acceptors (Lipinski definition) is 12. The van der Waals surface area contributed by atoms with Gasteiger partial charge >= 0.3 is 5.69 Å². The van der Waals surface area contributed by atoms with Crippen LogP contribution in [0.3, 0.4) is 0 Å². The molecule has 1 aromatic heterocycles. The normalized spacial score (nSPS) is 15.7. The van der Waals surface area contributed by atoms with E-state index < -0.39 is 15.5 Å². The van der Waals surface area contributed by atoms with Gasteiger partial charge in [-0.05, 0) is 74.4 Å². The van der Waals surface area contributed by atoms with Crippen molar-refractivity contribution in [3.05, 3.63) is 68.3 Å². The van der Waals surface area contributed by atoms with Crippen LogP contribution in [0.25, 0.3) is 0 Å². The Morgan fingerprint density at radius 2 is 1.40 bits per heavy atom. The second-order valence-corrected chi connectivity index (χ2v) is 9.56. The van der Waals surface area contributed by atoms with E-state index in [0.29, 0.717) is 23.6 Å². The molecule has 0 amide bonds. The van der Waals surface area contributed by atoms with Gasteiger partial charge in [0.1, 0.15) is 5.75 Å². The number of aromatic nitrogens is 3. The summed E-state index contributed by atoms with van der Waals surface area (Å²) in [6, 6.07) is 9.93. The molecule has 2 saturated heterocycles. The molecule has 0 spiro atoms. The van der Waals surface area contributed by atoms with Gasteiger partial charge in [-0.25, -0.2) is 5.43 Å². The zero-order chi connectivity index (χ0) is 27.9. The van der Waals surface area contributed by atoms with Gasteiger partial charge in [-0.1, -0.05) is 0 Å². The lowest BCUT2D eigenvalue weighted by atomic mass is 10.1. The zero-order valence-electron chi connectivity index (χ0n) is 21.8. The Morgan fingerprint density at radius 1 is 0.800 bits per heavy atom. The van der Waals surface area contributed by atoms with Crippen LogP contribution in [0.2, 0.25) is 0 Å². The average molecular weight is 548 g/mol. The molecule has 2 fully saturated rings. The van der Waals surface area contributed by atoms with Crippen molar-refractivity contribution in [3.63, 3.8) is 0 Å². The van der Waals surface area contributed by atoms with Crippen molar-refractivity contribution in [2.75, 3.05) is 41.4 Å². The first-order valence-electron chi connectivity index (χ1n) is 13.2. The van der Waals surface area contributed by atoms with Crippen LogP contribution in [-0.2, 0) is 0 Å². The van der Waals surface area contributed by atoms with Crippen molar-refractivity contribution < 1.29 is 14.6 Å². The second-order valence-electron chi connectivity index (χ2n) is 9.56. The van der Waals surface area contributed by atoms with Gasteiger partial charge in [0, 0.05) is 32.2 Å². The Hall–Kier alpha value is -4.88. The maximum absolute atomic E-state index is 11.4. The number of hydrogen-bond donors (Lipinski definition) is 1. The minimum atomic E-state index is -0.719. The van der Waals surface area contributed by atoms with Gasteiger partial charge in [-0.2, -0.15) is 20.1 Å². The van der Waals surface area contributed by atoms with Crippen LogP contribution in [0.1, 0.15) is 44.1 Å². The number of non-ortho nitro benzene ring substituents is 1. The van der Waals surface area contributed by atoms with Gasteiger partial charge in [0.05, 0.1) is 22.1 Å². The third-order valence-electron chi connectivity index (χ3n) is 6.73. The van der Waals surface area contributed by atoms with Crippen molar-refractivity contribution in [1.29, 1.82) is 0 Å². The Labute approximate surface area is 230 Å². The topological polar surface area (TPSA) is 165 Å². The van der Waals surface area contributed by atoms with E-state index in [2.05, 4.69) is 30.3 Å². The van der Waals surface area contributed by atoms with Gasteiger partial charge in [0.15, 0.2) is 0 Å². The highest BCUT2D eigenvalue weighted by atomic mass is 16.6. The molecule has 5 rings (SSSR count). The fourth-order valence-electron chi connectivity index (χ4n) is 4.64. The molecule has 2 aliphatic rings. The molecule has 1 N–H and O–H groups in total. The fourth-order valence-corrected chi connectivity index (χ4v) is 4.64. The molecule has 3 heterocycles. The smallest absolute Gasteiger partial charge is 0.318 e. The zero-order valence-corrected chi connectivity index (χ0v) is 21.8. The molecule has 2 aliphatic heterocycles. The summed E-state index contributed by atoms with van der Waals surface area (Å²) in [4.78, 5) is 39.3. The predicted molar refractivity (Wildman–Crippen MR) is 149 cm³/mol. The summed E-state index contributed by atoms with van der Waals surface area (Å²) in [5.74, 6) is 1.93. The molecule has 0 bridgehead atoms. The largest absolute Gasteiger partial charge is 0.450 e. The summed E-state index contributed by atoms with van der Waals surface area (Å²) in [6.07, 6.45) is 8.48. The molecule has 40 heavy (non-hydrogen) atoms. The van der Waals surface area contributed by atoms with Crippen LogP contribution in [0.4, 0.5) is 29.2 Å². The minimum absolute atomic E-state index is 0.0949. The number of rotatable bonds is 9. The molecule has 2 aromatic carbocycles. The molecule has 0 aliphatic carbocycles. The maximum atomic E-state index is 11.4. The lowest BCUT2D eigenvalue weighted by Crippen LogP contribution is -2.34. The van der Waals surface area contributed by atoms with Gasteiger partial charge in [0.2, 0.25) is 23.6 Å². The second kappa shape index (κ2) is 12.3. The number of piperidine rings is 2. The molecule has 0 saturated carbocycles. The van der Waals surface area contributed by atoms with E-state index in [1.165, 1.54) is 18.9 Å². The third-order valence-corrected chi connectivity index (χ3v) is 6.73. The maximum Gasteiger partial charge on any atom is 0.318 e. The average Bonchev–Trinajstić information content (AvgIpc) is 2.99. The Balaban J connectivity index is 1.28. The lowest BCUT2D eigenvalue weighted by Gasteiger charge is -2.30. The number of hydrazone groups is 1. The molecular formula is C26H29N9O5. The predicted octanol–water partition coefficient (Wildman–Crippen LogP) is 4.91. The van der Waals surface area contributed by atoms with Gasteiger partial charge < -0.3 is 14.5 Å². The van der Waals surface area contributed by atoms with Crippen LogP contribution < -0.4 is 20.0 Å². The van der Waals surface area contributed by atoms with E-state index in [0.717, 1.165) is 69.6 Å². The number of nitrogens with zero attached hydrogens (tertiary/aromatic N) is 8. The number of ether oxygens (including phenoxy) is 1. The lowest BCUT2D eigenvalue weighted by molar-refractivity contribution is -0.394. The summed E-state index contributed by atoms with van der Waals surface area (Å²) >= 11 is 0. The highest BCUT2D eigenvalue weighted by Crippen LogP contribution is 2.34. The highest BCUT2D eigenvalue weighted by molar-refractivity contribution is 5.80. The molecule has 14 nitrogen and oxygen atoms in total. The van der Waals surface area contributed by atoms with E-state index >= 15 is 0 Å². The van der Waals surface area contributed by atoms with Crippen molar-refractivity contribution in [1.82, 2.24) is 15.0 Å². The molecule has 0 radical (unpaired) electrons. The van der Waals surface area contributed by atoms with Crippen molar-refractivity contribution >= 4 is 35.4 Å². The number of nitro groups is 2. The first-order chi connectivity index (χ1) is 19.5. The number of anilines is 3.